The Morgan fingerprint density at radius 2 is 0.759 bits per heavy atom. The first-order valence-corrected chi connectivity index (χ1v) is 33.6. The van der Waals surface area contributed by atoms with Gasteiger partial charge in [-0.25, -0.2) is 4.79 Å². The molecule has 6 atom stereocenters. The zero-order valence-electron chi connectivity index (χ0n) is 52.7. The number of hydrogen-bond acceptors (Lipinski definition) is 11. The fraction of sp³-hybridized carbons (Fsp3) is 0.746. The van der Waals surface area contributed by atoms with E-state index in [-0.39, 0.29) is 25.9 Å². The maximum atomic E-state index is 13.2. The number of carboxylic acids is 1. The zero-order valence-corrected chi connectivity index (χ0v) is 52.7. The Morgan fingerprint density at radius 3 is 1.22 bits per heavy atom. The summed E-state index contributed by atoms with van der Waals surface area (Å²) in [6.07, 6.45) is 64.0. The molecule has 0 aliphatic carbocycles. The summed E-state index contributed by atoms with van der Waals surface area (Å²) in [7, 11) is 0. The predicted molar refractivity (Wildman–Crippen MR) is 340 cm³/mol. The summed E-state index contributed by atoms with van der Waals surface area (Å²) in [5.74, 6) is -3.17. The van der Waals surface area contributed by atoms with Crippen LogP contribution in [0.4, 0.5) is 0 Å². The first-order chi connectivity index (χ1) is 40.6. The van der Waals surface area contributed by atoms with Gasteiger partial charge >= 0.3 is 23.9 Å². The van der Waals surface area contributed by atoms with Crippen LogP contribution >= 0.6 is 0 Å². The van der Waals surface area contributed by atoms with Crippen molar-refractivity contribution in [3.8, 4) is 0 Å². The standard InChI is InChI=1S/C71H120O12/c1-4-7-10-13-16-19-22-25-28-30-32-34-37-39-42-45-48-51-54-57-63(72)79-60-62(81-64(73)58-55-52-49-46-43-41-38-35-33-31-29-26-23-20-17-14-11-8-5-2)61-80-71-69(67(76)66(75)68(83-71)70(77)78)82-65(74)59-56-53-50-47-44-40-36-27-24-21-18-15-12-9-6-3/h9,12,16,18-19,21,25-29,36,44,47,62,66-69,71,75-76H,4-8,10-11,13-15,17,20,22-24,30-35,37-43,45-46,48-61H2,1-3H3,(H,77,78)/b12-9-,19-16-,21-18-,28-25-,29-26-,36-27-,47-44-. The van der Waals surface area contributed by atoms with E-state index in [1.165, 1.54) is 135 Å². The number of carbonyl (C=O) groups excluding carboxylic acids is 3. The highest BCUT2D eigenvalue weighted by Gasteiger charge is 2.50. The van der Waals surface area contributed by atoms with Gasteiger partial charge in [0.1, 0.15) is 18.8 Å². The molecule has 3 N–H and O–H groups in total. The van der Waals surface area contributed by atoms with E-state index in [1.54, 1.807) is 0 Å². The number of hydrogen-bond donors (Lipinski definition) is 3. The minimum absolute atomic E-state index is 0.00578. The summed E-state index contributed by atoms with van der Waals surface area (Å²) in [6, 6.07) is 0. The molecule has 1 aliphatic heterocycles. The molecule has 1 heterocycles. The Hall–Kier alpha value is -4.10. The molecule has 0 bridgehead atoms. The third kappa shape index (κ3) is 47.8. The molecule has 0 aromatic heterocycles. The van der Waals surface area contributed by atoms with Crippen molar-refractivity contribution in [3.63, 3.8) is 0 Å². The van der Waals surface area contributed by atoms with Gasteiger partial charge in [-0.1, -0.05) is 241 Å². The lowest BCUT2D eigenvalue weighted by atomic mass is 9.98. The van der Waals surface area contributed by atoms with Crippen LogP contribution in [0.2, 0.25) is 0 Å². The lowest BCUT2D eigenvalue weighted by Crippen LogP contribution is -2.61. The second-order valence-corrected chi connectivity index (χ2v) is 22.7. The number of aliphatic hydroxyl groups is 2. The summed E-state index contributed by atoms with van der Waals surface area (Å²) in [5.41, 5.74) is 0. The molecular weight excluding hydrogens is 1040 g/mol. The molecule has 1 rings (SSSR count). The highest BCUT2D eigenvalue weighted by molar-refractivity contribution is 5.74. The smallest absolute Gasteiger partial charge is 0.335 e. The largest absolute Gasteiger partial charge is 0.479 e. The van der Waals surface area contributed by atoms with Crippen molar-refractivity contribution in [2.75, 3.05) is 13.2 Å². The van der Waals surface area contributed by atoms with Crippen LogP contribution in [-0.2, 0) is 42.9 Å². The third-order valence-corrected chi connectivity index (χ3v) is 14.9. The van der Waals surface area contributed by atoms with Gasteiger partial charge in [-0.05, 0) is 116 Å². The number of aliphatic hydroxyl groups excluding tert-OH is 2. The van der Waals surface area contributed by atoms with Crippen LogP contribution in [0.15, 0.2) is 85.1 Å². The van der Waals surface area contributed by atoms with Crippen LogP contribution < -0.4 is 0 Å². The van der Waals surface area contributed by atoms with Crippen molar-refractivity contribution < 1.29 is 58.2 Å². The van der Waals surface area contributed by atoms with Crippen LogP contribution in [0.5, 0.6) is 0 Å². The van der Waals surface area contributed by atoms with Gasteiger partial charge in [0.05, 0.1) is 6.61 Å². The van der Waals surface area contributed by atoms with E-state index in [9.17, 15) is 34.5 Å². The number of ether oxygens (including phenoxy) is 5. The maximum absolute atomic E-state index is 13.2. The number of rotatable bonds is 57. The number of unbranched alkanes of at least 4 members (excludes halogenated alkanes) is 29. The zero-order chi connectivity index (χ0) is 60.3. The van der Waals surface area contributed by atoms with Gasteiger partial charge in [0, 0.05) is 19.3 Å². The van der Waals surface area contributed by atoms with Gasteiger partial charge in [-0.2, -0.15) is 0 Å². The van der Waals surface area contributed by atoms with E-state index in [4.69, 9.17) is 23.7 Å². The molecule has 1 fully saturated rings. The molecule has 0 aromatic rings. The van der Waals surface area contributed by atoms with Crippen LogP contribution in [0.25, 0.3) is 0 Å². The summed E-state index contributed by atoms with van der Waals surface area (Å²) < 4.78 is 28.5. The lowest BCUT2D eigenvalue weighted by Gasteiger charge is -2.40. The average molecular weight is 1170 g/mol. The quantitative estimate of drug-likeness (QED) is 0.0228. The number of allylic oxidation sites excluding steroid dienone is 14. The maximum Gasteiger partial charge on any atom is 0.335 e. The first kappa shape index (κ1) is 76.9. The van der Waals surface area contributed by atoms with Crippen molar-refractivity contribution in [2.45, 2.75) is 327 Å². The van der Waals surface area contributed by atoms with Crippen LogP contribution in [-0.4, -0.2) is 89.2 Å². The Morgan fingerprint density at radius 1 is 0.410 bits per heavy atom. The van der Waals surface area contributed by atoms with Gasteiger partial charge < -0.3 is 39.0 Å². The monoisotopic (exact) mass is 1160 g/mol. The van der Waals surface area contributed by atoms with Gasteiger partial charge in [0.2, 0.25) is 0 Å². The molecule has 1 aliphatic rings. The molecular formula is C71H120O12. The van der Waals surface area contributed by atoms with Crippen molar-refractivity contribution in [1.29, 1.82) is 0 Å². The van der Waals surface area contributed by atoms with Crippen LogP contribution in [0.1, 0.15) is 290 Å². The summed E-state index contributed by atoms with van der Waals surface area (Å²) in [5, 5.41) is 31.6. The van der Waals surface area contributed by atoms with Gasteiger partial charge in [0.25, 0.3) is 0 Å². The minimum Gasteiger partial charge on any atom is -0.479 e. The molecule has 0 spiro atoms. The minimum atomic E-state index is -1.92. The summed E-state index contributed by atoms with van der Waals surface area (Å²) >= 11 is 0. The molecule has 12 heteroatoms. The van der Waals surface area contributed by atoms with Crippen molar-refractivity contribution in [3.05, 3.63) is 85.1 Å². The number of aliphatic carboxylic acids is 1. The number of carboxylic acid groups (broad SMARTS) is 1. The first-order valence-electron chi connectivity index (χ1n) is 33.6. The van der Waals surface area contributed by atoms with E-state index in [0.717, 1.165) is 89.9 Å². The normalized spacial score (nSPS) is 18.1. The fourth-order valence-electron chi connectivity index (χ4n) is 9.80. The van der Waals surface area contributed by atoms with Crippen molar-refractivity contribution >= 4 is 23.9 Å². The second kappa shape index (κ2) is 58.3. The van der Waals surface area contributed by atoms with Gasteiger partial charge in [0.15, 0.2) is 24.6 Å². The molecule has 1 saturated heterocycles. The molecule has 0 aromatic carbocycles. The van der Waals surface area contributed by atoms with Crippen molar-refractivity contribution in [2.24, 2.45) is 0 Å². The SMILES string of the molecule is CC/C=C\C/C=C\C/C=C\C/C=C\CCCCC(=O)OC1C(OCC(COC(=O)CCCCCCCCCCC/C=C\C/C=C\CCCCC)OC(=O)CCCCCCCCCCC/C=C\CCCCCCCC)OC(C(=O)O)C(O)C1O. The third-order valence-electron chi connectivity index (χ3n) is 14.9. The van der Waals surface area contributed by atoms with E-state index in [0.29, 0.717) is 25.7 Å². The van der Waals surface area contributed by atoms with Gasteiger partial charge in [-0.3, -0.25) is 14.4 Å². The van der Waals surface area contributed by atoms with Crippen molar-refractivity contribution in [1.82, 2.24) is 0 Å². The molecule has 0 amide bonds. The molecule has 12 nitrogen and oxygen atoms in total. The Balaban J connectivity index is 2.67. The van der Waals surface area contributed by atoms with E-state index in [1.807, 2.05) is 0 Å². The number of carbonyl (C=O) groups is 4. The molecule has 0 radical (unpaired) electrons. The second-order valence-electron chi connectivity index (χ2n) is 22.7. The molecule has 476 valence electrons. The molecule has 0 saturated carbocycles. The predicted octanol–water partition coefficient (Wildman–Crippen LogP) is 18.2. The van der Waals surface area contributed by atoms with E-state index >= 15 is 0 Å². The van der Waals surface area contributed by atoms with Gasteiger partial charge in [-0.15, -0.1) is 0 Å². The molecule has 6 unspecified atom stereocenters. The lowest BCUT2D eigenvalue weighted by molar-refractivity contribution is -0.301. The Bertz CT molecular complexity index is 1760. The van der Waals surface area contributed by atoms with Crippen LogP contribution in [0, 0.1) is 0 Å². The van der Waals surface area contributed by atoms with Crippen LogP contribution in [0.3, 0.4) is 0 Å². The molecule has 83 heavy (non-hydrogen) atoms. The average Bonchev–Trinajstić information content (AvgIpc) is 3.57. The fourth-order valence-corrected chi connectivity index (χ4v) is 9.80. The highest BCUT2D eigenvalue weighted by atomic mass is 16.7. The number of esters is 3. The highest BCUT2D eigenvalue weighted by Crippen LogP contribution is 2.27. The summed E-state index contributed by atoms with van der Waals surface area (Å²) in [4.78, 5) is 51.4. The summed E-state index contributed by atoms with van der Waals surface area (Å²) in [6.45, 7) is 5.86. The Labute approximate surface area is 505 Å². The Kier molecular flexibility index (Phi) is 54.0. The topological polar surface area (TPSA) is 175 Å². The van der Waals surface area contributed by atoms with E-state index in [2.05, 4.69) is 106 Å². The van der Waals surface area contributed by atoms with E-state index < -0.39 is 67.3 Å².